The van der Waals surface area contributed by atoms with Crippen LogP contribution >= 0.6 is 11.6 Å². The van der Waals surface area contributed by atoms with Crippen molar-refractivity contribution in [1.82, 2.24) is 5.32 Å². The molecule has 1 unspecified atom stereocenters. The highest BCUT2D eigenvalue weighted by molar-refractivity contribution is 6.33. The maximum Gasteiger partial charge on any atom is 0.180 e. The van der Waals surface area contributed by atoms with Crippen LogP contribution in [0, 0.1) is 0 Å². The van der Waals surface area contributed by atoms with E-state index < -0.39 is 0 Å². The van der Waals surface area contributed by atoms with Gasteiger partial charge in [0.25, 0.3) is 0 Å². The molecule has 0 amide bonds. The summed E-state index contributed by atoms with van der Waals surface area (Å²) in [6.07, 6.45) is 3.52. The number of benzene rings is 1. The number of hydrogen-bond acceptors (Lipinski definition) is 3. The highest BCUT2D eigenvalue weighted by Crippen LogP contribution is 2.44. The molecule has 3 nitrogen and oxygen atoms in total. The number of ether oxygens (including phenoxy) is 2. The topological polar surface area (TPSA) is 30.5 Å². The minimum absolute atomic E-state index is 0.384. The van der Waals surface area contributed by atoms with Gasteiger partial charge in [0.05, 0.1) is 5.02 Å². The highest BCUT2D eigenvalue weighted by atomic mass is 35.5. The van der Waals surface area contributed by atoms with E-state index in [4.69, 9.17) is 21.1 Å². The summed E-state index contributed by atoms with van der Waals surface area (Å²) in [5, 5.41) is 4.30. The molecule has 4 heteroatoms. The molecule has 1 N–H and O–H groups in total. The van der Waals surface area contributed by atoms with Crippen LogP contribution in [0.5, 0.6) is 11.5 Å². The quantitative estimate of drug-likeness (QED) is 0.925. The van der Waals surface area contributed by atoms with Gasteiger partial charge in [-0.05, 0) is 48.9 Å². The Balaban J connectivity index is 1.99. The van der Waals surface area contributed by atoms with Crippen LogP contribution in [0.4, 0.5) is 0 Å². The lowest BCUT2D eigenvalue weighted by Crippen LogP contribution is -2.25. The summed E-state index contributed by atoms with van der Waals surface area (Å²) in [6, 6.07) is 2.70. The van der Waals surface area contributed by atoms with Gasteiger partial charge in [0, 0.05) is 6.04 Å². The van der Waals surface area contributed by atoms with E-state index in [0.717, 1.165) is 29.5 Å². The minimum Gasteiger partial charge on any atom is -0.486 e. The zero-order valence-corrected chi connectivity index (χ0v) is 12.9. The van der Waals surface area contributed by atoms with Crippen molar-refractivity contribution < 1.29 is 9.47 Å². The Morgan fingerprint density at radius 1 is 1.35 bits per heavy atom. The van der Waals surface area contributed by atoms with Crippen molar-refractivity contribution >= 4 is 11.6 Å². The van der Waals surface area contributed by atoms with Crippen molar-refractivity contribution in [2.45, 2.75) is 45.1 Å². The van der Waals surface area contributed by atoms with E-state index in [9.17, 15) is 0 Å². The molecule has 1 aromatic carbocycles. The van der Waals surface area contributed by atoms with Crippen LogP contribution in [0.25, 0.3) is 0 Å². The molecule has 20 heavy (non-hydrogen) atoms. The Hall–Kier alpha value is -0.930. The van der Waals surface area contributed by atoms with Crippen molar-refractivity contribution in [3.05, 3.63) is 22.2 Å². The molecule has 1 aromatic rings. The fourth-order valence-corrected chi connectivity index (χ4v) is 3.69. The Morgan fingerprint density at radius 3 is 2.85 bits per heavy atom. The fraction of sp³-hybridized carbons (Fsp3) is 0.625. The predicted molar refractivity (Wildman–Crippen MR) is 81.3 cm³/mol. The van der Waals surface area contributed by atoms with Gasteiger partial charge in [-0.25, -0.2) is 0 Å². The summed E-state index contributed by atoms with van der Waals surface area (Å²) in [4.78, 5) is 0. The molecule has 1 fully saturated rings. The van der Waals surface area contributed by atoms with E-state index in [1.54, 1.807) is 0 Å². The minimum atomic E-state index is 0.384. The molecule has 0 aromatic heterocycles. The summed E-state index contributed by atoms with van der Waals surface area (Å²) in [5.74, 6) is 1.91. The molecule has 1 atom stereocenters. The van der Waals surface area contributed by atoms with Gasteiger partial charge in [-0.1, -0.05) is 25.4 Å². The molecular formula is C16H22ClNO2. The Kier molecular flexibility index (Phi) is 4.08. The molecule has 0 radical (unpaired) electrons. The summed E-state index contributed by atoms with van der Waals surface area (Å²) in [6.45, 7) is 6.67. The maximum atomic E-state index is 6.59. The predicted octanol–water partition coefficient (Wildman–Crippen LogP) is 3.53. The summed E-state index contributed by atoms with van der Waals surface area (Å²) < 4.78 is 11.4. The van der Waals surface area contributed by atoms with Crippen LogP contribution in [0.3, 0.4) is 0 Å². The molecule has 2 aliphatic heterocycles. The monoisotopic (exact) mass is 295 g/mol. The van der Waals surface area contributed by atoms with Crippen molar-refractivity contribution in [2.24, 2.45) is 0 Å². The van der Waals surface area contributed by atoms with E-state index in [0.29, 0.717) is 25.2 Å². The Morgan fingerprint density at radius 2 is 2.15 bits per heavy atom. The van der Waals surface area contributed by atoms with Crippen molar-refractivity contribution in [3.63, 3.8) is 0 Å². The third-order valence-electron chi connectivity index (χ3n) is 4.10. The number of hydrogen-bond donors (Lipinski definition) is 1. The van der Waals surface area contributed by atoms with E-state index in [-0.39, 0.29) is 0 Å². The molecule has 0 saturated carbocycles. The van der Waals surface area contributed by atoms with Crippen LogP contribution in [0.15, 0.2) is 6.07 Å². The number of halogens is 1. The first-order valence-corrected chi connectivity index (χ1v) is 7.89. The van der Waals surface area contributed by atoms with Crippen molar-refractivity contribution in [2.75, 3.05) is 19.8 Å². The van der Waals surface area contributed by atoms with Gasteiger partial charge in [-0.3, -0.25) is 0 Å². The third-order valence-corrected chi connectivity index (χ3v) is 4.48. The molecule has 0 bridgehead atoms. The fourth-order valence-electron chi connectivity index (χ4n) is 3.20. The van der Waals surface area contributed by atoms with Gasteiger partial charge in [0.2, 0.25) is 0 Å². The average molecular weight is 296 g/mol. The third kappa shape index (κ3) is 2.61. The van der Waals surface area contributed by atoms with Gasteiger partial charge in [0.1, 0.15) is 13.2 Å². The second kappa shape index (κ2) is 5.82. The highest BCUT2D eigenvalue weighted by Gasteiger charge is 2.25. The van der Waals surface area contributed by atoms with E-state index >= 15 is 0 Å². The SMILES string of the molecule is CC(C)c1c(CC2CCCN2)cc2c(c1Cl)OCCO2. The molecule has 0 aliphatic carbocycles. The van der Waals surface area contributed by atoms with E-state index in [2.05, 4.69) is 25.2 Å². The van der Waals surface area contributed by atoms with Crippen molar-refractivity contribution in [3.8, 4) is 11.5 Å². The van der Waals surface area contributed by atoms with Crippen LogP contribution in [-0.2, 0) is 6.42 Å². The van der Waals surface area contributed by atoms with E-state index in [1.165, 1.54) is 24.0 Å². The van der Waals surface area contributed by atoms with Gasteiger partial charge in [0.15, 0.2) is 11.5 Å². The van der Waals surface area contributed by atoms with Gasteiger partial charge >= 0.3 is 0 Å². The lowest BCUT2D eigenvalue weighted by Gasteiger charge is -2.25. The molecule has 1 saturated heterocycles. The van der Waals surface area contributed by atoms with Gasteiger partial charge < -0.3 is 14.8 Å². The molecule has 3 rings (SSSR count). The summed E-state index contributed by atoms with van der Waals surface area (Å²) >= 11 is 6.59. The molecule has 110 valence electrons. The number of fused-ring (bicyclic) bond motifs is 1. The Bertz CT molecular complexity index is 496. The number of nitrogens with one attached hydrogen (secondary N) is 1. The first kappa shape index (κ1) is 14.0. The standard InChI is InChI=1S/C16H22ClNO2/c1-10(2)14-11(8-12-4-3-5-18-12)9-13-16(15(14)17)20-7-6-19-13/h9-10,12,18H,3-8H2,1-2H3. The zero-order chi connectivity index (χ0) is 14.1. The van der Waals surface area contributed by atoms with Crippen LogP contribution in [0.1, 0.15) is 43.7 Å². The second-order valence-corrected chi connectivity index (χ2v) is 6.32. The lowest BCUT2D eigenvalue weighted by molar-refractivity contribution is 0.171. The van der Waals surface area contributed by atoms with Gasteiger partial charge in [-0.2, -0.15) is 0 Å². The summed E-state index contributed by atoms with van der Waals surface area (Å²) in [5.41, 5.74) is 2.51. The molecule has 2 heterocycles. The maximum absolute atomic E-state index is 6.59. The average Bonchev–Trinajstić information content (AvgIpc) is 2.91. The lowest BCUT2D eigenvalue weighted by atomic mass is 9.91. The zero-order valence-electron chi connectivity index (χ0n) is 12.2. The molecule has 0 spiro atoms. The Labute approximate surface area is 125 Å². The van der Waals surface area contributed by atoms with E-state index in [1.807, 2.05) is 0 Å². The largest absolute Gasteiger partial charge is 0.486 e. The number of rotatable bonds is 3. The molecule has 2 aliphatic rings. The van der Waals surface area contributed by atoms with Crippen LogP contribution in [0.2, 0.25) is 5.02 Å². The summed E-state index contributed by atoms with van der Waals surface area (Å²) in [7, 11) is 0. The first-order valence-electron chi connectivity index (χ1n) is 7.51. The molecular weight excluding hydrogens is 274 g/mol. The van der Waals surface area contributed by atoms with Gasteiger partial charge in [-0.15, -0.1) is 0 Å². The second-order valence-electron chi connectivity index (χ2n) is 5.94. The van der Waals surface area contributed by atoms with Crippen LogP contribution < -0.4 is 14.8 Å². The van der Waals surface area contributed by atoms with Crippen molar-refractivity contribution in [1.29, 1.82) is 0 Å². The first-order chi connectivity index (χ1) is 9.66. The normalized spacial score (nSPS) is 21.5. The van der Waals surface area contributed by atoms with Crippen LogP contribution in [-0.4, -0.2) is 25.8 Å². The smallest absolute Gasteiger partial charge is 0.180 e.